The monoisotopic (exact) mass is 2140 g/mol. The molecule has 818 valence electrons. The Hall–Kier alpha value is -9.21. The maximum Gasteiger partial charge on any atom is 0.322 e. The van der Waals surface area contributed by atoms with Crippen molar-refractivity contribution in [3.8, 4) is 0 Å². The van der Waals surface area contributed by atoms with Crippen LogP contribution in [-0.2, 0) is 48.0 Å². The number of piperidine rings is 3. The first kappa shape index (κ1) is 111. The number of anilines is 6. The van der Waals surface area contributed by atoms with E-state index in [9.17, 15) is 43.2 Å². The topological polar surface area (TPSA) is 238 Å². The zero-order valence-electron chi connectivity index (χ0n) is 90.3. The van der Waals surface area contributed by atoms with Crippen LogP contribution >= 0.6 is 58.5 Å². The number of carbonyl (C=O) groups excluding carboxylic acids is 9. The summed E-state index contributed by atoms with van der Waals surface area (Å²) in [6.07, 6.45) is 9.65. The Morgan fingerprint density at radius 2 is 0.723 bits per heavy atom. The fourth-order valence-corrected chi connectivity index (χ4v) is 28.4. The molecule has 33 heteroatoms. The van der Waals surface area contributed by atoms with Crippen molar-refractivity contribution in [3.63, 3.8) is 0 Å². The summed E-state index contributed by atoms with van der Waals surface area (Å²) < 4.78 is 14.8. The summed E-state index contributed by atoms with van der Waals surface area (Å²) in [5.41, 5.74) is 11.7. The SMILES string of the molecule is CC(C)N1CCN(c2c(F)cccc2[C@H]2S[C@@](C)(CC(=O)N3CCC(N4CCc5ccccc5NC4=O)CC3)C(=O)N2CCC(C)(C)C)CC1.CC(C)N1CCN(c2cccc(Cl)c2C2S[C@H](CC(=O)N3CCC(N4CCc5ccccc5NC4=O)CC3)C(=O)N2CCC(C)(C)C)CC1.CC(C)N1CCN(c2cccc(Cl)c2[C@H]2S[C@H](CC(=O)N3CCC(N4CCc5ccccc5NC4=O)CC3)C(=O)N2CCC(C)(C)C)CC1.[HH].[HH].[HH].[HH].[HH].[HH].[HH]. The lowest BCUT2D eigenvalue weighted by Gasteiger charge is -2.40. The van der Waals surface area contributed by atoms with Gasteiger partial charge in [0.15, 0.2) is 0 Å². The molecule has 1 unspecified atom stereocenters. The van der Waals surface area contributed by atoms with Gasteiger partial charge in [-0.2, -0.15) is 0 Å². The molecular weight excluding hydrogens is 1960 g/mol. The van der Waals surface area contributed by atoms with Crippen molar-refractivity contribution in [1.29, 1.82) is 0 Å². The van der Waals surface area contributed by atoms with Crippen LogP contribution in [0.25, 0.3) is 0 Å². The molecule has 0 aromatic heterocycles. The van der Waals surface area contributed by atoms with Gasteiger partial charge in [-0.1, -0.05) is 164 Å². The average molecular weight is 2140 g/mol. The van der Waals surface area contributed by atoms with Crippen molar-refractivity contribution >= 4 is 146 Å². The average Bonchev–Trinajstić information content (AvgIpc) is 1.60. The fourth-order valence-electron chi connectivity index (χ4n) is 23.1. The normalized spacial score (nSPS) is 23.3. The molecule has 0 spiro atoms. The molecule has 9 saturated heterocycles. The molecular formula is C115H175Cl2FN18O9S3. The second-order valence-corrected chi connectivity index (χ2v) is 52.0. The maximum atomic E-state index is 15.8. The van der Waals surface area contributed by atoms with E-state index in [1.165, 1.54) is 17.8 Å². The molecule has 148 heavy (non-hydrogen) atoms. The first-order chi connectivity index (χ1) is 70.5. The van der Waals surface area contributed by atoms with E-state index in [1.807, 2.05) is 136 Å². The highest BCUT2D eigenvalue weighted by molar-refractivity contribution is 8.02. The van der Waals surface area contributed by atoms with Crippen LogP contribution in [0.2, 0.25) is 10.0 Å². The number of para-hydroxylation sites is 4. The predicted molar refractivity (Wildman–Crippen MR) is 615 cm³/mol. The summed E-state index contributed by atoms with van der Waals surface area (Å²) in [6.45, 7) is 52.8. The van der Waals surface area contributed by atoms with E-state index in [-0.39, 0.29) is 134 Å². The predicted octanol–water partition coefficient (Wildman–Crippen LogP) is 21.8. The van der Waals surface area contributed by atoms with Crippen LogP contribution in [0.15, 0.2) is 127 Å². The van der Waals surface area contributed by atoms with E-state index in [0.717, 1.165) is 205 Å². The summed E-state index contributed by atoms with van der Waals surface area (Å²) in [7, 11) is 0. The molecule has 6 aromatic carbocycles. The third-order valence-electron chi connectivity index (χ3n) is 32.3. The van der Waals surface area contributed by atoms with Crippen molar-refractivity contribution in [1.82, 2.24) is 58.8 Å². The van der Waals surface area contributed by atoms with E-state index in [4.69, 9.17) is 23.2 Å². The minimum absolute atomic E-state index is 0. The van der Waals surface area contributed by atoms with E-state index in [2.05, 4.69) is 180 Å². The molecule has 6 atom stereocenters. The number of benzene rings is 6. The van der Waals surface area contributed by atoms with Gasteiger partial charge in [-0.15, -0.1) is 35.3 Å². The number of amides is 12. The number of likely N-dealkylation sites (tertiary alicyclic amines) is 3. The minimum atomic E-state index is -0.979. The Kier molecular flexibility index (Phi) is 36.4. The van der Waals surface area contributed by atoms with Crippen LogP contribution < -0.4 is 30.7 Å². The number of piperazine rings is 3. The molecule has 6 aromatic rings. The number of urea groups is 3. The molecule has 0 bridgehead atoms. The third-order valence-corrected chi connectivity index (χ3v) is 37.4. The molecule has 12 aliphatic heterocycles. The van der Waals surface area contributed by atoms with Crippen LogP contribution in [0, 0.1) is 22.1 Å². The summed E-state index contributed by atoms with van der Waals surface area (Å²) in [4.78, 5) is 155. The van der Waals surface area contributed by atoms with Gasteiger partial charge < -0.3 is 74.7 Å². The number of thioether (sulfide) groups is 3. The van der Waals surface area contributed by atoms with Gasteiger partial charge >= 0.3 is 18.1 Å². The van der Waals surface area contributed by atoms with Crippen LogP contribution in [0.4, 0.5) is 52.9 Å². The Balaban J connectivity index is 0.000000251. The van der Waals surface area contributed by atoms with Crippen molar-refractivity contribution in [3.05, 3.63) is 177 Å². The van der Waals surface area contributed by atoms with E-state index in [0.29, 0.717) is 125 Å². The van der Waals surface area contributed by atoms with Gasteiger partial charge in [0.05, 0.1) is 22.6 Å². The van der Waals surface area contributed by atoms with Gasteiger partial charge in [0.1, 0.15) is 26.7 Å². The summed E-state index contributed by atoms with van der Waals surface area (Å²) in [5.74, 6) is -0.285. The van der Waals surface area contributed by atoms with Gasteiger partial charge in [-0.25, -0.2) is 18.8 Å². The summed E-state index contributed by atoms with van der Waals surface area (Å²) in [5, 5.41) is 8.74. The second-order valence-electron chi connectivity index (χ2n) is 47.0. The van der Waals surface area contributed by atoms with Crippen LogP contribution in [-0.4, -0.2) is 321 Å². The fraction of sp³-hybridized carbons (Fsp3) is 0.609. The number of nitrogens with one attached hydrogen (secondary N) is 3. The molecule has 18 rings (SSSR count). The van der Waals surface area contributed by atoms with Gasteiger partial charge in [-0.05, 0) is 207 Å². The first-order valence-corrected chi connectivity index (χ1v) is 58.1. The maximum absolute atomic E-state index is 15.8. The quantitative estimate of drug-likeness (QED) is 0.0510. The van der Waals surface area contributed by atoms with E-state index < -0.39 is 20.6 Å². The van der Waals surface area contributed by atoms with Crippen molar-refractivity contribution in [2.75, 3.05) is 188 Å². The number of rotatable bonds is 24. The molecule has 12 heterocycles. The van der Waals surface area contributed by atoms with E-state index >= 15 is 4.39 Å². The van der Waals surface area contributed by atoms with E-state index in [1.54, 1.807) is 29.6 Å². The van der Waals surface area contributed by atoms with Crippen molar-refractivity contribution in [2.45, 2.75) is 275 Å². The summed E-state index contributed by atoms with van der Waals surface area (Å²) in [6, 6.07) is 42.7. The highest BCUT2D eigenvalue weighted by atomic mass is 35.5. The van der Waals surface area contributed by atoms with Crippen molar-refractivity contribution in [2.24, 2.45) is 16.2 Å². The standard InChI is InChI=1S/C39H55FN6O3S.2C38H53ClN6O3S.7H2/c1-27(2)42-22-24-44(25-23-42)34-30(11-9-12-31(34)40)35-46(21-17-38(3,4)5)36(48)39(6,50-35)26-33(47)43-18-15-29(16-19-43)45-20-14-28-10-7-8-13-32(28)41-37(45)49;2*1-26(2)41-21-23-42(24-22-41)31-12-8-10-29(39)34(31)36-45(20-16-38(3,4)5)35(47)32(49-36)25-33(46)43-17-14-28(15-18-43)44-19-13-27-9-6-7-11-30(27)40-37(44)48;;;;;;;/h7-13,27,29,35H,14-26H2,1-6H3,(H,41,49);2*6-12,26,28,32,36H,13-25H2,1-5H3,(H,40,48);7*1H/t35-,39+;32-,36?;32-,36-;;;;;;;/m111......./s1. The Morgan fingerprint density at radius 3 is 1.07 bits per heavy atom. The van der Waals surface area contributed by atoms with Gasteiger partial charge in [0.25, 0.3) is 0 Å². The van der Waals surface area contributed by atoms with Crippen LogP contribution in [0.1, 0.15) is 247 Å². The van der Waals surface area contributed by atoms with Crippen LogP contribution in [0.5, 0.6) is 0 Å². The highest BCUT2D eigenvalue weighted by Crippen LogP contribution is 2.56. The molecule has 27 nitrogen and oxygen atoms in total. The van der Waals surface area contributed by atoms with Crippen molar-refractivity contribution < 1.29 is 57.5 Å². The number of fused-ring (bicyclic) bond motifs is 3. The number of hydrogen-bond acceptors (Lipinski definition) is 18. The lowest BCUT2D eigenvalue weighted by atomic mass is 9.91. The second kappa shape index (κ2) is 48.4. The molecule has 0 saturated carbocycles. The summed E-state index contributed by atoms with van der Waals surface area (Å²) >= 11 is 18.7. The molecule has 9 fully saturated rings. The number of hydrogen-bond donors (Lipinski definition) is 3. The zero-order valence-corrected chi connectivity index (χ0v) is 94.3. The number of nitrogens with zero attached hydrogens (tertiary/aromatic N) is 15. The Labute approximate surface area is 912 Å². The molecule has 3 N–H and O–H groups in total. The largest absolute Gasteiger partial charge is 0.369 e. The highest BCUT2D eigenvalue weighted by Gasteiger charge is 2.54. The number of carbonyl (C=O) groups is 9. The van der Waals surface area contributed by atoms with Gasteiger partial charge in [-0.3, -0.25) is 43.5 Å². The van der Waals surface area contributed by atoms with Gasteiger partial charge in [0.2, 0.25) is 35.4 Å². The zero-order chi connectivity index (χ0) is 106. The smallest absolute Gasteiger partial charge is 0.322 e. The Morgan fingerprint density at radius 1 is 0.399 bits per heavy atom. The number of halogens is 3. The lowest BCUT2D eigenvalue weighted by molar-refractivity contribution is -0.139. The lowest BCUT2D eigenvalue weighted by Crippen LogP contribution is -2.51. The minimum Gasteiger partial charge on any atom is -0.369 e. The Bertz CT molecular complexity index is 5490. The van der Waals surface area contributed by atoms with Crippen LogP contribution in [0.3, 0.4) is 0 Å². The van der Waals surface area contributed by atoms with Gasteiger partial charge in [0, 0.05) is 271 Å². The molecule has 0 radical (unpaired) electrons. The third kappa shape index (κ3) is 26.8. The molecule has 12 aliphatic rings. The first-order valence-electron chi connectivity index (χ1n) is 54.6. The molecule has 0 aliphatic carbocycles. The molecule has 12 amide bonds.